The molecule has 0 saturated carbocycles. The number of fused-ring (bicyclic) bond motifs is 1. The third kappa shape index (κ3) is 4.60. The second kappa shape index (κ2) is 9.90. The molecule has 4 heterocycles. The molecule has 0 spiro atoms. The lowest BCUT2D eigenvalue weighted by molar-refractivity contribution is -0.146. The Balaban J connectivity index is 1.33. The van der Waals surface area contributed by atoms with E-state index in [0.717, 1.165) is 0 Å². The van der Waals surface area contributed by atoms with E-state index in [1.165, 1.54) is 22.9 Å². The first-order chi connectivity index (χ1) is 18.2. The number of hydrogen-bond acceptors (Lipinski definition) is 8. The topological polar surface area (TPSA) is 130 Å². The summed E-state index contributed by atoms with van der Waals surface area (Å²) in [6.07, 6.45) is 3.19. The number of methoxy groups -OCH3 is 1. The molecule has 2 aliphatic rings. The van der Waals surface area contributed by atoms with Crippen LogP contribution in [-0.4, -0.2) is 87.1 Å². The maximum Gasteiger partial charge on any atom is 0.290 e. The molecule has 11 nitrogen and oxygen atoms in total. The quantitative estimate of drug-likeness (QED) is 0.471. The van der Waals surface area contributed by atoms with Gasteiger partial charge in [0.05, 0.1) is 30.6 Å². The van der Waals surface area contributed by atoms with Crippen LogP contribution in [0.4, 0.5) is 5.69 Å². The Labute approximate surface area is 220 Å². The van der Waals surface area contributed by atoms with Gasteiger partial charge in [-0.25, -0.2) is 9.67 Å². The molecular formula is C27H30N6O5. The number of nitrogens with one attached hydrogen (secondary N) is 1. The van der Waals surface area contributed by atoms with Gasteiger partial charge in [-0.2, -0.15) is 5.10 Å². The van der Waals surface area contributed by atoms with Gasteiger partial charge >= 0.3 is 0 Å². The molecule has 0 bridgehead atoms. The van der Waals surface area contributed by atoms with Crippen molar-refractivity contribution >= 4 is 23.3 Å². The zero-order valence-electron chi connectivity index (χ0n) is 21.5. The molecule has 1 unspecified atom stereocenters. The van der Waals surface area contributed by atoms with Crippen molar-refractivity contribution in [3.8, 4) is 11.6 Å². The summed E-state index contributed by atoms with van der Waals surface area (Å²) in [4.78, 5) is 47.1. The van der Waals surface area contributed by atoms with Crippen molar-refractivity contribution in [2.24, 2.45) is 0 Å². The Morgan fingerprint density at radius 1 is 1.05 bits per heavy atom. The van der Waals surface area contributed by atoms with Crippen LogP contribution in [-0.2, 0) is 15.2 Å². The monoisotopic (exact) mass is 518 g/mol. The molecule has 198 valence electrons. The number of piperazine rings is 1. The first-order valence-corrected chi connectivity index (χ1v) is 12.5. The fourth-order valence-electron chi connectivity index (χ4n) is 4.83. The summed E-state index contributed by atoms with van der Waals surface area (Å²) in [7, 11) is 1.49. The molecule has 2 aromatic heterocycles. The fourth-order valence-corrected chi connectivity index (χ4v) is 4.83. The molecule has 3 aromatic rings. The summed E-state index contributed by atoms with van der Waals surface area (Å²) in [5.74, 6) is -1.15. The average molecular weight is 519 g/mol. The molecule has 38 heavy (non-hydrogen) atoms. The number of benzene rings is 1. The fraction of sp³-hybridized carbons (Fsp3) is 0.370. The van der Waals surface area contributed by atoms with Crippen LogP contribution in [0, 0.1) is 0 Å². The molecule has 2 N–H and O–H groups in total. The minimum absolute atomic E-state index is 0.0888. The molecule has 2 aliphatic heterocycles. The van der Waals surface area contributed by atoms with Crippen molar-refractivity contribution in [3.05, 3.63) is 65.6 Å². The van der Waals surface area contributed by atoms with Crippen LogP contribution in [0.15, 0.2) is 48.8 Å². The van der Waals surface area contributed by atoms with Gasteiger partial charge in [-0.3, -0.25) is 14.4 Å². The van der Waals surface area contributed by atoms with Crippen LogP contribution in [0.25, 0.3) is 5.82 Å². The highest BCUT2D eigenvalue weighted by Crippen LogP contribution is 2.42. The lowest BCUT2D eigenvalue weighted by atomic mass is 9.95. The van der Waals surface area contributed by atoms with Crippen molar-refractivity contribution in [3.63, 3.8) is 0 Å². The number of pyridine rings is 1. The van der Waals surface area contributed by atoms with Crippen LogP contribution >= 0.6 is 0 Å². The van der Waals surface area contributed by atoms with Crippen molar-refractivity contribution in [2.75, 3.05) is 45.2 Å². The molecule has 0 aliphatic carbocycles. The first-order valence-electron chi connectivity index (χ1n) is 12.5. The van der Waals surface area contributed by atoms with Crippen molar-refractivity contribution in [2.45, 2.75) is 25.4 Å². The van der Waals surface area contributed by atoms with Crippen LogP contribution in [0.3, 0.4) is 0 Å². The standard InChI is InChI=1S/C27H30N6O5/c1-27(2,37)20-9-10-33(30-20)24-22-21(19(38-3)16-29-24)18(15-28-22)23(34)26(36)32-13-11-31(12-14-32)25(35)17-7-5-4-6-8-17/h4-10,16,18,28,37H,11-15H2,1-3H3. The second-order valence-corrected chi connectivity index (χ2v) is 9.89. The van der Waals surface area contributed by atoms with Crippen molar-refractivity contribution in [1.29, 1.82) is 0 Å². The molecule has 1 aromatic carbocycles. The SMILES string of the molecule is COc1cnc(-n2ccc(C(C)(C)O)n2)c2c1C(C(=O)C(=O)N1CCN(C(=O)c3ccccc3)CC1)CN2. The summed E-state index contributed by atoms with van der Waals surface area (Å²) in [5.41, 5.74) is 1.04. The highest BCUT2D eigenvalue weighted by Gasteiger charge is 2.40. The van der Waals surface area contributed by atoms with Gasteiger partial charge in [0.1, 0.15) is 11.4 Å². The average Bonchev–Trinajstić information content (AvgIpc) is 3.60. The van der Waals surface area contributed by atoms with Gasteiger partial charge in [0.2, 0.25) is 5.78 Å². The number of hydrogen-bond donors (Lipinski definition) is 2. The molecule has 1 saturated heterocycles. The lowest BCUT2D eigenvalue weighted by Crippen LogP contribution is -2.52. The van der Waals surface area contributed by atoms with Crippen LogP contribution in [0.5, 0.6) is 5.75 Å². The third-order valence-corrected chi connectivity index (χ3v) is 6.95. The van der Waals surface area contributed by atoms with Crippen molar-refractivity contribution < 1.29 is 24.2 Å². The van der Waals surface area contributed by atoms with E-state index in [1.54, 1.807) is 43.1 Å². The summed E-state index contributed by atoms with van der Waals surface area (Å²) in [6, 6.07) is 10.7. The normalized spacial score (nSPS) is 17.1. The zero-order valence-corrected chi connectivity index (χ0v) is 21.5. The highest BCUT2D eigenvalue weighted by molar-refractivity contribution is 6.38. The molecule has 2 amide bonds. The van der Waals surface area contributed by atoms with E-state index in [1.807, 2.05) is 18.2 Å². The number of carbonyl (C=O) groups is 3. The van der Waals surface area contributed by atoms with Gasteiger partial charge in [0.15, 0.2) is 5.82 Å². The Morgan fingerprint density at radius 2 is 1.74 bits per heavy atom. The van der Waals surface area contributed by atoms with E-state index >= 15 is 0 Å². The number of ketones is 1. The van der Waals surface area contributed by atoms with Crippen molar-refractivity contribution in [1.82, 2.24) is 24.6 Å². The van der Waals surface area contributed by atoms with Gasteiger partial charge in [-0.15, -0.1) is 0 Å². The molecule has 1 atom stereocenters. The third-order valence-electron chi connectivity index (χ3n) is 6.95. The number of aliphatic hydroxyl groups is 1. The minimum atomic E-state index is -1.13. The Hall–Kier alpha value is -4.25. The number of ether oxygens (including phenoxy) is 1. The second-order valence-electron chi connectivity index (χ2n) is 9.89. The number of anilines is 1. The first kappa shape index (κ1) is 25.4. The zero-order chi connectivity index (χ0) is 27.0. The van der Waals surface area contributed by atoms with Crippen LogP contribution in [0.2, 0.25) is 0 Å². The Morgan fingerprint density at radius 3 is 2.37 bits per heavy atom. The van der Waals surface area contributed by atoms with Crippen LogP contribution < -0.4 is 10.1 Å². The van der Waals surface area contributed by atoms with Gasteiger partial charge in [0.25, 0.3) is 11.8 Å². The van der Waals surface area contributed by atoms with E-state index < -0.39 is 23.2 Å². The van der Waals surface area contributed by atoms with E-state index in [2.05, 4.69) is 15.4 Å². The number of amides is 2. The molecular weight excluding hydrogens is 488 g/mol. The number of Topliss-reactive ketones (excluding diaryl/α,β-unsaturated/α-hetero) is 1. The molecule has 0 radical (unpaired) electrons. The maximum absolute atomic E-state index is 13.5. The summed E-state index contributed by atoms with van der Waals surface area (Å²) in [5, 5.41) is 17.9. The number of carbonyl (C=O) groups excluding carboxylic acids is 3. The van der Waals surface area contributed by atoms with E-state index in [9.17, 15) is 19.5 Å². The summed E-state index contributed by atoms with van der Waals surface area (Å²) < 4.78 is 7.03. The van der Waals surface area contributed by atoms with Crippen LogP contribution in [0.1, 0.15) is 41.4 Å². The number of nitrogens with zero attached hydrogens (tertiary/aromatic N) is 5. The van der Waals surface area contributed by atoms with E-state index in [0.29, 0.717) is 47.2 Å². The smallest absolute Gasteiger partial charge is 0.290 e. The predicted molar refractivity (Wildman–Crippen MR) is 138 cm³/mol. The predicted octanol–water partition coefficient (Wildman–Crippen LogP) is 1.57. The summed E-state index contributed by atoms with van der Waals surface area (Å²) in [6.45, 7) is 4.76. The Kier molecular flexibility index (Phi) is 6.62. The van der Waals surface area contributed by atoms with Gasteiger partial charge in [-0.1, -0.05) is 18.2 Å². The molecule has 5 rings (SSSR count). The summed E-state index contributed by atoms with van der Waals surface area (Å²) >= 11 is 0. The highest BCUT2D eigenvalue weighted by atomic mass is 16.5. The van der Waals surface area contributed by atoms with Gasteiger partial charge < -0.3 is 25.0 Å². The van der Waals surface area contributed by atoms with E-state index in [-0.39, 0.29) is 25.5 Å². The van der Waals surface area contributed by atoms with Gasteiger partial charge in [-0.05, 0) is 32.0 Å². The minimum Gasteiger partial charge on any atom is -0.495 e. The number of rotatable bonds is 6. The number of aromatic nitrogens is 3. The molecule has 11 heteroatoms. The maximum atomic E-state index is 13.5. The van der Waals surface area contributed by atoms with E-state index in [4.69, 9.17) is 4.74 Å². The van der Waals surface area contributed by atoms with Gasteiger partial charge in [0, 0.05) is 50.0 Å². The largest absolute Gasteiger partial charge is 0.495 e. The Bertz CT molecular complexity index is 1370. The lowest BCUT2D eigenvalue weighted by Gasteiger charge is -2.34. The molecule has 1 fully saturated rings.